The van der Waals surface area contributed by atoms with Gasteiger partial charge in [-0.05, 0) is 40.3 Å². The molecule has 1 aromatic rings. The van der Waals surface area contributed by atoms with Crippen molar-refractivity contribution in [1.29, 1.82) is 5.26 Å². The van der Waals surface area contributed by atoms with E-state index in [1.165, 1.54) is 0 Å². The number of rotatable bonds is 2. The van der Waals surface area contributed by atoms with E-state index in [-0.39, 0.29) is 0 Å². The lowest BCUT2D eigenvalue weighted by Crippen LogP contribution is -1.92. The Morgan fingerprint density at radius 3 is 2.77 bits per heavy atom. The minimum atomic E-state index is 0.330. The van der Waals surface area contributed by atoms with E-state index >= 15 is 0 Å². The van der Waals surface area contributed by atoms with Gasteiger partial charge in [0.1, 0.15) is 5.75 Å². The second-order valence-electron chi connectivity index (χ2n) is 2.39. The second kappa shape index (κ2) is 4.68. The quantitative estimate of drug-likeness (QED) is 0.622. The molecule has 0 heterocycles. The Morgan fingerprint density at radius 1 is 1.62 bits per heavy atom. The summed E-state index contributed by atoms with van der Waals surface area (Å²) in [6, 6.07) is 5.67. The molecule has 68 valence electrons. The van der Waals surface area contributed by atoms with Gasteiger partial charge in [-0.2, -0.15) is 5.26 Å². The topological polar surface area (TPSA) is 33.0 Å². The fraction of sp³-hybridized carbons (Fsp3) is 0.222. The summed E-state index contributed by atoms with van der Waals surface area (Å²) >= 11 is 7.81. The van der Waals surface area contributed by atoms with Crippen LogP contribution in [0.5, 0.6) is 5.75 Å². The zero-order valence-corrected chi connectivity index (χ0v) is 9.89. The van der Waals surface area contributed by atoms with Crippen molar-refractivity contribution in [1.82, 2.24) is 0 Å². The van der Waals surface area contributed by atoms with Crippen LogP contribution in [0.25, 0.3) is 0 Å². The molecule has 0 amide bonds. The Labute approximate surface area is 95.6 Å². The van der Waals surface area contributed by atoms with E-state index < -0.39 is 0 Å². The number of hydrogen-bond acceptors (Lipinski definition) is 2. The molecule has 2 nitrogen and oxygen atoms in total. The van der Waals surface area contributed by atoms with Crippen molar-refractivity contribution in [3.8, 4) is 11.8 Å². The van der Waals surface area contributed by atoms with Crippen LogP contribution in [0.4, 0.5) is 0 Å². The molecule has 0 saturated heterocycles. The molecule has 0 unspecified atom stereocenters. The van der Waals surface area contributed by atoms with Gasteiger partial charge < -0.3 is 4.74 Å². The van der Waals surface area contributed by atoms with Gasteiger partial charge in [0.2, 0.25) is 0 Å². The summed E-state index contributed by atoms with van der Waals surface area (Å²) in [6.45, 7) is 0. The van der Waals surface area contributed by atoms with Gasteiger partial charge in [-0.3, -0.25) is 0 Å². The third kappa shape index (κ3) is 2.26. The Hall–Kier alpha value is -0.470. The number of alkyl halides is 1. The Balaban J connectivity index is 3.28. The van der Waals surface area contributed by atoms with Crippen LogP contribution < -0.4 is 4.74 Å². The van der Waals surface area contributed by atoms with E-state index in [0.29, 0.717) is 11.4 Å². The largest absolute Gasteiger partial charge is 0.496 e. The van der Waals surface area contributed by atoms with Gasteiger partial charge in [-0.15, -0.1) is 11.6 Å². The van der Waals surface area contributed by atoms with Gasteiger partial charge in [0, 0.05) is 5.88 Å². The summed E-state index contributed by atoms with van der Waals surface area (Å²) in [5.74, 6) is 1.09. The van der Waals surface area contributed by atoms with Crippen molar-refractivity contribution < 1.29 is 4.74 Å². The molecule has 0 aliphatic heterocycles. The Kier molecular flexibility index (Phi) is 3.82. The van der Waals surface area contributed by atoms with Crippen LogP contribution in [0.2, 0.25) is 0 Å². The molecule has 0 aliphatic carbocycles. The van der Waals surface area contributed by atoms with Crippen LogP contribution in [0.15, 0.2) is 12.1 Å². The van der Waals surface area contributed by atoms with Crippen LogP contribution >= 0.6 is 34.2 Å². The average Bonchev–Trinajstić information content (AvgIpc) is 2.17. The number of ether oxygens (including phenoxy) is 1. The molecular weight excluding hydrogens is 300 g/mol. The first-order valence-electron chi connectivity index (χ1n) is 3.55. The molecule has 0 bridgehead atoms. The number of halogens is 2. The normalized spacial score (nSPS) is 9.38. The third-order valence-corrected chi connectivity index (χ3v) is 2.77. The highest BCUT2D eigenvalue weighted by atomic mass is 127. The van der Waals surface area contributed by atoms with Gasteiger partial charge in [0.25, 0.3) is 0 Å². The fourth-order valence-corrected chi connectivity index (χ4v) is 1.87. The van der Waals surface area contributed by atoms with Gasteiger partial charge in [0.05, 0.1) is 22.3 Å². The molecule has 0 fully saturated rings. The average molecular weight is 308 g/mol. The lowest BCUT2D eigenvalue weighted by atomic mass is 10.1. The van der Waals surface area contributed by atoms with Gasteiger partial charge in [-0.1, -0.05) is 0 Å². The number of methoxy groups -OCH3 is 1. The van der Waals surface area contributed by atoms with Crippen molar-refractivity contribution >= 4 is 34.2 Å². The van der Waals surface area contributed by atoms with E-state index in [0.717, 1.165) is 14.9 Å². The Morgan fingerprint density at radius 2 is 2.31 bits per heavy atom. The molecule has 0 aromatic heterocycles. The molecule has 0 radical (unpaired) electrons. The molecule has 4 heteroatoms. The lowest BCUT2D eigenvalue weighted by molar-refractivity contribution is 0.411. The SMILES string of the molecule is COc1cc(CCl)c(C#N)cc1I. The number of benzene rings is 1. The first kappa shape index (κ1) is 10.6. The summed E-state index contributed by atoms with van der Waals surface area (Å²) in [4.78, 5) is 0. The molecule has 0 saturated carbocycles. The van der Waals surface area contributed by atoms with E-state index in [9.17, 15) is 0 Å². The van der Waals surface area contributed by atoms with Crippen molar-refractivity contribution in [2.75, 3.05) is 7.11 Å². The van der Waals surface area contributed by atoms with Crippen molar-refractivity contribution in [2.24, 2.45) is 0 Å². The first-order chi connectivity index (χ1) is 6.22. The minimum Gasteiger partial charge on any atom is -0.496 e. The van der Waals surface area contributed by atoms with Gasteiger partial charge >= 0.3 is 0 Å². The molecule has 1 rings (SSSR count). The molecule has 0 atom stereocenters. The zero-order chi connectivity index (χ0) is 9.84. The Bertz CT molecular complexity index is 359. The maximum Gasteiger partial charge on any atom is 0.132 e. The lowest BCUT2D eigenvalue weighted by Gasteiger charge is -2.06. The smallest absolute Gasteiger partial charge is 0.132 e. The summed E-state index contributed by atoms with van der Waals surface area (Å²) in [7, 11) is 1.60. The van der Waals surface area contributed by atoms with E-state index in [1.54, 1.807) is 19.2 Å². The first-order valence-corrected chi connectivity index (χ1v) is 5.16. The number of nitrogens with zero attached hydrogens (tertiary/aromatic N) is 1. The highest BCUT2D eigenvalue weighted by Crippen LogP contribution is 2.25. The van der Waals surface area contributed by atoms with E-state index in [2.05, 4.69) is 28.7 Å². The van der Waals surface area contributed by atoms with E-state index in [1.807, 2.05) is 0 Å². The molecular formula is C9H7ClINO. The summed E-state index contributed by atoms with van der Waals surface area (Å²) in [6.07, 6.45) is 0. The summed E-state index contributed by atoms with van der Waals surface area (Å²) in [5.41, 5.74) is 1.42. The molecule has 0 aliphatic rings. The number of hydrogen-bond donors (Lipinski definition) is 0. The monoisotopic (exact) mass is 307 g/mol. The van der Waals surface area contributed by atoms with Crippen LogP contribution in [0.1, 0.15) is 11.1 Å². The fourth-order valence-electron chi connectivity index (χ4n) is 0.967. The third-order valence-electron chi connectivity index (χ3n) is 1.64. The van der Waals surface area contributed by atoms with Crippen LogP contribution in [-0.4, -0.2) is 7.11 Å². The molecule has 13 heavy (non-hydrogen) atoms. The summed E-state index contributed by atoms with van der Waals surface area (Å²) in [5, 5.41) is 8.78. The highest BCUT2D eigenvalue weighted by molar-refractivity contribution is 14.1. The predicted octanol–water partition coefficient (Wildman–Crippen LogP) is 2.91. The van der Waals surface area contributed by atoms with Gasteiger partial charge in [-0.25, -0.2) is 0 Å². The standard InChI is InChI=1S/C9H7ClINO/c1-13-9-3-6(4-10)7(5-12)2-8(9)11/h2-3H,4H2,1H3. The number of nitriles is 1. The van der Waals surface area contributed by atoms with Crippen molar-refractivity contribution in [3.63, 3.8) is 0 Å². The van der Waals surface area contributed by atoms with Gasteiger partial charge in [0.15, 0.2) is 0 Å². The van der Waals surface area contributed by atoms with Crippen molar-refractivity contribution in [2.45, 2.75) is 5.88 Å². The summed E-state index contributed by atoms with van der Waals surface area (Å²) < 4.78 is 6.03. The maximum absolute atomic E-state index is 8.78. The van der Waals surface area contributed by atoms with E-state index in [4.69, 9.17) is 21.6 Å². The maximum atomic E-state index is 8.78. The molecule has 0 N–H and O–H groups in total. The molecule has 0 spiro atoms. The van der Waals surface area contributed by atoms with Crippen LogP contribution in [-0.2, 0) is 5.88 Å². The predicted molar refractivity (Wildman–Crippen MR) is 60.0 cm³/mol. The minimum absolute atomic E-state index is 0.330. The highest BCUT2D eigenvalue weighted by Gasteiger charge is 2.07. The van der Waals surface area contributed by atoms with Crippen LogP contribution in [0.3, 0.4) is 0 Å². The zero-order valence-electron chi connectivity index (χ0n) is 6.97. The second-order valence-corrected chi connectivity index (χ2v) is 3.82. The van der Waals surface area contributed by atoms with Crippen LogP contribution in [0, 0.1) is 14.9 Å². The molecule has 1 aromatic carbocycles. The van der Waals surface area contributed by atoms with Crippen molar-refractivity contribution in [3.05, 3.63) is 26.8 Å².